The van der Waals surface area contributed by atoms with Crippen LogP contribution in [0.3, 0.4) is 0 Å². The van der Waals surface area contributed by atoms with Gasteiger partial charge in [0, 0.05) is 18.7 Å². The highest BCUT2D eigenvalue weighted by atomic mass is 16.4. The third kappa shape index (κ3) is 2.75. The van der Waals surface area contributed by atoms with Crippen molar-refractivity contribution in [1.29, 1.82) is 0 Å². The van der Waals surface area contributed by atoms with Gasteiger partial charge < -0.3 is 20.4 Å². The van der Waals surface area contributed by atoms with Crippen LogP contribution in [-0.2, 0) is 4.79 Å². The van der Waals surface area contributed by atoms with E-state index >= 15 is 0 Å². The summed E-state index contributed by atoms with van der Waals surface area (Å²) in [4.78, 5) is 24.4. The Morgan fingerprint density at radius 1 is 1.35 bits per heavy atom. The van der Waals surface area contributed by atoms with E-state index in [0.29, 0.717) is 5.69 Å². The van der Waals surface area contributed by atoms with Gasteiger partial charge in [0.05, 0.1) is 6.10 Å². The number of aliphatic hydroxyl groups is 1. The largest absolute Gasteiger partial charge is 0.480 e. The third-order valence-electron chi connectivity index (χ3n) is 3.67. The first-order valence-electron chi connectivity index (χ1n) is 6.45. The number of urea groups is 1. The number of hydrogen-bond acceptors (Lipinski definition) is 3. The number of hydrogen-bond donors (Lipinski definition) is 3. The maximum atomic E-state index is 12.2. The average Bonchev–Trinajstić information content (AvgIpc) is 2.77. The standard InChI is InChI=1S/C14H18N2O4/c1-8-4-3-5-11(9(8)2)15-14(20)16-7-10(17)6-12(16)13(18)19/h3-5,10,12,17H,6-7H2,1-2H3,(H,15,20)(H,18,19)/t10-,12-/m1/s1. The van der Waals surface area contributed by atoms with Gasteiger partial charge in [-0.2, -0.15) is 0 Å². The van der Waals surface area contributed by atoms with Crippen LogP contribution in [0.15, 0.2) is 18.2 Å². The third-order valence-corrected chi connectivity index (χ3v) is 3.67. The van der Waals surface area contributed by atoms with E-state index in [-0.39, 0.29) is 13.0 Å². The number of benzene rings is 1. The first-order chi connectivity index (χ1) is 9.40. The fourth-order valence-electron chi connectivity index (χ4n) is 2.35. The summed E-state index contributed by atoms with van der Waals surface area (Å²) in [5, 5.41) is 21.3. The number of likely N-dealkylation sites (tertiary alicyclic amines) is 1. The average molecular weight is 278 g/mol. The lowest BCUT2D eigenvalue weighted by Gasteiger charge is -2.22. The van der Waals surface area contributed by atoms with E-state index in [4.69, 9.17) is 5.11 Å². The van der Waals surface area contributed by atoms with Crippen LogP contribution in [0.1, 0.15) is 17.5 Å². The van der Waals surface area contributed by atoms with Gasteiger partial charge in [-0.25, -0.2) is 9.59 Å². The van der Waals surface area contributed by atoms with Crippen molar-refractivity contribution in [2.45, 2.75) is 32.4 Å². The highest BCUT2D eigenvalue weighted by Crippen LogP contribution is 2.22. The lowest BCUT2D eigenvalue weighted by Crippen LogP contribution is -2.43. The second-order valence-corrected chi connectivity index (χ2v) is 5.07. The second kappa shape index (κ2) is 5.50. The summed E-state index contributed by atoms with van der Waals surface area (Å²) in [6, 6.07) is 4.05. The zero-order valence-electron chi connectivity index (χ0n) is 11.5. The molecule has 1 saturated heterocycles. The molecule has 2 rings (SSSR count). The van der Waals surface area contributed by atoms with Crippen molar-refractivity contribution in [2.24, 2.45) is 0 Å². The molecule has 0 spiro atoms. The monoisotopic (exact) mass is 278 g/mol. The number of amides is 2. The number of nitrogens with one attached hydrogen (secondary N) is 1. The summed E-state index contributed by atoms with van der Waals surface area (Å²) < 4.78 is 0. The van der Waals surface area contributed by atoms with Gasteiger partial charge in [-0.1, -0.05) is 12.1 Å². The number of anilines is 1. The number of carboxylic acids is 1. The molecule has 1 aromatic rings. The second-order valence-electron chi connectivity index (χ2n) is 5.07. The Kier molecular flexibility index (Phi) is 3.94. The number of β-amino-alcohol motifs (C(OH)–C–C–N with tert-alkyl or cyclic N) is 1. The van der Waals surface area contributed by atoms with Crippen molar-refractivity contribution >= 4 is 17.7 Å². The molecule has 6 nitrogen and oxygen atoms in total. The highest BCUT2D eigenvalue weighted by Gasteiger charge is 2.39. The van der Waals surface area contributed by atoms with Crippen molar-refractivity contribution in [1.82, 2.24) is 4.90 Å². The SMILES string of the molecule is Cc1cccc(NC(=O)N2C[C@H](O)C[C@@H]2C(=O)O)c1C. The van der Waals surface area contributed by atoms with Gasteiger partial charge in [0.15, 0.2) is 0 Å². The zero-order chi connectivity index (χ0) is 14.9. The van der Waals surface area contributed by atoms with Gasteiger partial charge in [-0.15, -0.1) is 0 Å². The molecule has 1 aromatic carbocycles. The number of aryl methyl sites for hydroxylation is 1. The van der Waals surface area contributed by atoms with Gasteiger partial charge in [0.2, 0.25) is 0 Å². The van der Waals surface area contributed by atoms with E-state index in [9.17, 15) is 14.7 Å². The van der Waals surface area contributed by atoms with Gasteiger partial charge in [0.1, 0.15) is 6.04 Å². The molecule has 0 radical (unpaired) electrons. The predicted molar refractivity (Wildman–Crippen MR) is 73.7 cm³/mol. The summed E-state index contributed by atoms with van der Waals surface area (Å²) >= 11 is 0. The van der Waals surface area contributed by atoms with Crippen molar-refractivity contribution < 1.29 is 19.8 Å². The molecular weight excluding hydrogens is 260 g/mol. The maximum Gasteiger partial charge on any atom is 0.326 e. The van der Waals surface area contributed by atoms with Crippen LogP contribution in [0.2, 0.25) is 0 Å². The van der Waals surface area contributed by atoms with Gasteiger partial charge in [-0.3, -0.25) is 0 Å². The Balaban J connectivity index is 2.15. The Labute approximate surface area is 117 Å². The van der Waals surface area contributed by atoms with Crippen molar-refractivity contribution in [3.63, 3.8) is 0 Å². The fraction of sp³-hybridized carbons (Fsp3) is 0.429. The van der Waals surface area contributed by atoms with E-state index < -0.39 is 24.1 Å². The molecule has 3 N–H and O–H groups in total. The molecule has 1 fully saturated rings. The molecular formula is C14H18N2O4. The molecule has 1 aliphatic heterocycles. The molecule has 0 aromatic heterocycles. The molecule has 1 heterocycles. The van der Waals surface area contributed by atoms with Crippen LogP contribution < -0.4 is 5.32 Å². The fourth-order valence-corrected chi connectivity index (χ4v) is 2.35. The van der Waals surface area contributed by atoms with Crippen molar-refractivity contribution in [3.05, 3.63) is 29.3 Å². The Morgan fingerprint density at radius 3 is 2.70 bits per heavy atom. The molecule has 6 heteroatoms. The molecule has 0 saturated carbocycles. The molecule has 0 unspecified atom stereocenters. The summed E-state index contributed by atoms with van der Waals surface area (Å²) in [5.74, 6) is -1.10. The van der Waals surface area contributed by atoms with E-state index in [1.807, 2.05) is 26.0 Å². The number of carboxylic acid groups (broad SMARTS) is 1. The Hall–Kier alpha value is -2.08. The topological polar surface area (TPSA) is 89.9 Å². The number of aliphatic hydroxyl groups excluding tert-OH is 1. The first kappa shape index (κ1) is 14.3. The molecule has 2 amide bonds. The lowest BCUT2D eigenvalue weighted by molar-refractivity contribution is -0.141. The minimum absolute atomic E-state index is 0.0354. The predicted octanol–water partition coefficient (Wildman–Crippen LogP) is 1.36. The molecule has 20 heavy (non-hydrogen) atoms. The minimum atomic E-state index is -1.10. The number of rotatable bonds is 2. The molecule has 0 aliphatic carbocycles. The Bertz CT molecular complexity index is 544. The summed E-state index contributed by atoms with van der Waals surface area (Å²) in [5.41, 5.74) is 2.63. The van der Waals surface area contributed by atoms with Crippen LogP contribution in [0, 0.1) is 13.8 Å². The quantitative estimate of drug-likeness (QED) is 0.762. The number of carbonyl (C=O) groups is 2. The summed E-state index contributed by atoms with van der Waals surface area (Å²) in [7, 11) is 0. The van der Waals surface area contributed by atoms with E-state index in [2.05, 4.69) is 5.32 Å². The van der Waals surface area contributed by atoms with Crippen LogP contribution in [0.25, 0.3) is 0 Å². The number of nitrogens with zero attached hydrogens (tertiary/aromatic N) is 1. The molecule has 108 valence electrons. The van der Waals surface area contributed by atoms with E-state index in [1.54, 1.807) is 6.07 Å². The first-order valence-corrected chi connectivity index (χ1v) is 6.45. The highest BCUT2D eigenvalue weighted by molar-refractivity contribution is 5.93. The Morgan fingerprint density at radius 2 is 2.05 bits per heavy atom. The maximum absolute atomic E-state index is 12.2. The van der Waals surface area contributed by atoms with E-state index in [1.165, 1.54) is 0 Å². The number of aliphatic carboxylic acids is 1. The van der Waals surface area contributed by atoms with Crippen LogP contribution >= 0.6 is 0 Å². The summed E-state index contributed by atoms with van der Waals surface area (Å²) in [6.45, 7) is 3.86. The van der Waals surface area contributed by atoms with Gasteiger partial charge in [-0.05, 0) is 31.0 Å². The van der Waals surface area contributed by atoms with Crippen LogP contribution in [0.5, 0.6) is 0 Å². The molecule has 0 bridgehead atoms. The smallest absolute Gasteiger partial charge is 0.326 e. The minimum Gasteiger partial charge on any atom is -0.480 e. The molecule has 2 atom stereocenters. The van der Waals surface area contributed by atoms with Crippen LogP contribution in [0.4, 0.5) is 10.5 Å². The van der Waals surface area contributed by atoms with Gasteiger partial charge >= 0.3 is 12.0 Å². The lowest BCUT2D eigenvalue weighted by atomic mass is 10.1. The zero-order valence-corrected chi connectivity index (χ0v) is 11.5. The normalized spacial score (nSPS) is 21.9. The molecule has 1 aliphatic rings. The van der Waals surface area contributed by atoms with E-state index in [0.717, 1.165) is 16.0 Å². The van der Waals surface area contributed by atoms with Crippen LogP contribution in [-0.4, -0.2) is 45.8 Å². The van der Waals surface area contributed by atoms with Crippen molar-refractivity contribution in [3.8, 4) is 0 Å². The van der Waals surface area contributed by atoms with Gasteiger partial charge in [0.25, 0.3) is 0 Å². The van der Waals surface area contributed by atoms with Crippen molar-refractivity contribution in [2.75, 3.05) is 11.9 Å². The number of carbonyl (C=O) groups excluding carboxylic acids is 1. The summed E-state index contributed by atoms with van der Waals surface area (Å²) in [6.07, 6.45) is -0.726.